The molecule has 2 heterocycles. The van der Waals surface area contributed by atoms with E-state index in [1.54, 1.807) is 12.1 Å². The molecular formula is C19H22O4. The van der Waals surface area contributed by atoms with E-state index in [1.807, 2.05) is 26.8 Å². The predicted molar refractivity (Wildman–Crippen MR) is 90.1 cm³/mol. The molecule has 1 aromatic carbocycles. The minimum atomic E-state index is -0.441. The fourth-order valence-corrected chi connectivity index (χ4v) is 2.77. The predicted octanol–water partition coefficient (Wildman–Crippen LogP) is 3.86. The lowest BCUT2D eigenvalue weighted by Crippen LogP contribution is -2.48. The first-order valence-corrected chi connectivity index (χ1v) is 7.88. The molecule has 0 saturated heterocycles. The van der Waals surface area contributed by atoms with E-state index in [-0.39, 0.29) is 11.7 Å². The summed E-state index contributed by atoms with van der Waals surface area (Å²) in [5.74, 6) is 0.763. The SMILES string of the molecule is C/C=C(\C)CO[C@H]1Cc2cc3ccc(=O)oc3cc2OC1(C)C. The Bertz CT molecular complexity index is 814. The van der Waals surface area contributed by atoms with Gasteiger partial charge in [0.2, 0.25) is 0 Å². The van der Waals surface area contributed by atoms with Crippen LogP contribution in [0.25, 0.3) is 11.0 Å². The zero-order valence-corrected chi connectivity index (χ0v) is 14.0. The molecule has 0 aliphatic carbocycles. The smallest absolute Gasteiger partial charge is 0.336 e. The molecule has 1 aliphatic rings. The molecule has 0 amide bonds. The van der Waals surface area contributed by atoms with Crippen molar-refractivity contribution in [3.8, 4) is 5.75 Å². The molecule has 4 nitrogen and oxygen atoms in total. The van der Waals surface area contributed by atoms with Gasteiger partial charge in [-0.3, -0.25) is 0 Å². The van der Waals surface area contributed by atoms with Gasteiger partial charge >= 0.3 is 5.63 Å². The topological polar surface area (TPSA) is 48.7 Å². The van der Waals surface area contributed by atoms with Crippen LogP contribution >= 0.6 is 0 Å². The van der Waals surface area contributed by atoms with Crippen molar-refractivity contribution < 1.29 is 13.9 Å². The van der Waals surface area contributed by atoms with Crippen LogP contribution in [0.1, 0.15) is 33.3 Å². The second-order valence-corrected chi connectivity index (χ2v) is 6.60. The second kappa shape index (κ2) is 5.85. The van der Waals surface area contributed by atoms with E-state index < -0.39 is 5.60 Å². The van der Waals surface area contributed by atoms with E-state index in [9.17, 15) is 4.79 Å². The molecule has 1 aromatic heterocycles. The van der Waals surface area contributed by atoms with Crippen LogP contribution in [-0.2, 0) is 11.2 Å². The minimum absolute atomic E-state index is 0.0296. The molecular weight excluding hydrogens is 292 g/mol. The van der Waals surface area contributed by atoms with Crippen molar-refractivity contribution in [2.75, 3.05) is 6.61 Å². The van der Waals surface area contributed by atoms with Gasteiger partial charge in [-0.05, 0) is 45.4 Å². The highest BCUT2D eigenvalue weighted by Gasteiger charge is 2.38. The normalized spacial score (nSPS) is 20.2. The first-order chi connectivity index (χ1) is 10.9. The van der Waals surface area contributed by atoms with Gasteiger partial charge in [-0.1, -0.05) is 11.6 Å². The molecule has 0 saturated carbocycles. The molecule has 23 heavy (non-hydrogen) atoms. The summed E-state index contributed by atoms with van der Waals surface area (Å²) in [6.45, 7) is 8.72. The summed E-state index contributed by atoms with van der Waals surface area (Å²) in [4.78, 5) is 11.4. The summed E-state index contributed by atoms with van der Waals surface area (Å²) in [5, 5.41) is 0.898. The van der Waals surface area contributed by atoms with Crippen LogP contribution in [0.2, 0.25) is 0 Å². The third-order valence-electron chi connectivity index (χ3n) is 4.36. The van der Waals surface area contributed by atoms with Crippen molar-refractivity contribution in [3.63, 3.8) is 0 Å². The number of ether oxygens (including phenoxy) is 2. The maximum absolute atomic E-state index is 11.4. The van der Waals surface area contributed by atoms with E-state index in [4.69, 9.17) is 13.9 Å². The highest BCUT2D eigenvalue weighted by atomic mass is 16.6. The average Bonchev–Trinajstić information content (AvgIpc) is 2.50. The van der Waals surface area contributed by atoms with Crippen LogP contribution in [-0.4, -0.2) is 18.3 Å². The van der Waals surface area contributed by atoms with Gasteiger partial charge in [0.25, 0.3) is 0 Å². The molecule has 122 valence electrons. The molecule has 1 aliphatic heterocycles. The van der Waals surface area contributed by atoms with Crippen LogP contribution in [0.15, 0.2) is 45.1 Å². The standard InChI is InChI=1S/C19H22O4/c1-5-12(2)11-21-17-9-14-8-13-6-7-18(20)22-15(13)10-16(14)23-19(17,3)4/h5-8,10,17H,9,11H2,1-4H3/b12-5+/t17-/m0/s1. The van der Waals surface area contributed by atoms with Crippen LogP contribution in [0.4, 0.5) is 0 Å². The van der Waals surface area contributed by atoms with Gasteiger partial charge in [0.1, 0.15) is 23.0 Å². The molecule has 0 fully saturated rings. The van der Waals surface area contributed by atoms with Gasteiger partial charge in [-0.15, -0.1) is 0 Å². The fourth-order valence-electron chi connectivity index (χ4n) is 2.77. The van der Waals surface area contributed by atoms with Gasteiger partial charge < -0.3 is 13.9 Å². The maximum Gasteiger partial charge on any atom is 0.336 e. The lowest BCUT2D eigenvalue weighted by molar-refractivity contribution is -0.0770. The molecule has 4 heteroatoms. The quantitative estimate of drug-likeness (QED) is 0.637. The van der Waals surface area contributed by atoms with Gasteiger partial charge in [0.05, 0.1) is 6.61 Å². The number of hydrogen-bond acceptors (Lipinski definition) is 4. The number of allylic oxidation sites excluding steroid dienone is 1. The summed E-state index contributed by atoms with van der Waals surface area (Å²) >= 11 is 0. The molecule has 0 unspecified atom stereocenters. The highest BCUT2D eigenvalue weighted by Crippen LogP contribution is 2.37. The number of benzene rings is 1. The molecule has 2 aromatic rings. The number of fused-ring (bicyclic) bond motifs is 2. The Balaban J connectivity index is 1.94. The second-order valence-electron chi connectivity index (χ2n) is 6.60. The Morgan fingerprint density at radius 2 is 2.17 bits per heavy atom. The minimum Gasteiger partial charge on any atom is -0.485 e. The monoisotopic (exact) mass is 314 g/mol. The van der Waals surface area contributed by atoms with Gasteiger partial charge in [0, 0.05) is 23.9 Å². The Morgan fingerprint density at radius 1 is 1.39 bits per heavy atom. The Labute approximate surface area is 135 Å². The van der Waals surface area contributed by atoms with E-state index in [2.05, 4.69) is 13.0 Å². The summed E-state index contributed by atoms with van der Waals surface area (Å²) in [5.41, 5.74) is 2.04. The average molecular weight is 314 g/mol. The van der Waals surface area contributed by atoms with Gasteiger partial charge in [-0.25, -0.2) is 4.79 Å². The van der Waals surface area contributed by atoms with Crippen LogP contribution in [0.3, 0.4) is 0 Å². The van der Waals surface area contributed by atoms with Crippen molar-refractivity contribution in [2.24, 2.45) is 0 Å². The van der Waals surface area contributed by atoms with E-state index in [0.29, 0.717) is 12.2 Å². The van der Waals surface area contributed by atoms with Crippen molar-refractivity contribution in [1.82, 2.24) is 0 Å². The lowest BCUT2D eigenvalue weighted by atomic mass is 9.90. The molecule has 1 atom stereocenters. The largest absolute Gasteiger partial charge is 0.485 e. The lowest BCUT2D eigenvalue weighted by Gasteiger charge is -2.39. The maximum atomic E-state index is 11.4. The summed E-state index contributed by atoms with van der Waals surface area (Å²) in [6.07, 6.45) is 2.80. The summed E-state index contributed by atoms with van der Waals surface area (Å²) < 4.78 is 17.5. The Hall–Kier alpha value is -2.07. The summed E-state index contributed by atoms with van der Waals surface area (Å²) in [7, 11) is 0. The van der Waals surface area contributed by atoms with E-state index in [1.165, 1.54) is 11.6 Å². The molecule has 0 N–H and O–H groups in total. The zero-order chi connectivity index (χ0) is 16.6. The van der Waals surface area contributed by atoms with E-state index in [0.717, 1.165) is 23.1 Å². The first kappa shape index (κ1) is 15.8. The Kier molecular flexibility index (Phi) is 4.02. The first-order valence-electron chi connectivity index (χ1n) is 7.88. The zero-order valence-electron chi connectivity index (χ0n) is 14.0. The molecule has 0 radical (unpaired) electrons. The van der Waals surface area contributed by atoms with Gasteiger partial charge in [-0.2, -0.15) is 0 Å². The number of rotatable bonds is 3. The van der Waals surface area contributed by atoms with E-state index >= 15 is 0 Å². The third kappa shape index (κ3) is 3.17. The van der Waals surface area contributed by atoms with Crippen molar-refractivity contribution in [2.45, 2.75) is 45.8 Å². The van der Waals surface area contributed by atoms with Crippen molar-refractivity contribution in [1.29, 1.82) is 0 Å². The molecule has 0 spiro atoms. The number of hydrogen-bond donors (Lipinski definition) is 0. The molecule has 0 bridgehead atoms. The summed E-state index contributed by atoms with van der Waals surface area (Å²) in [6, 6.07) is 7.04. The van der Waals surface area contributed by atoms with Crippen LogP contribution < -0.4 is 10.4 Å². The highest BCUT2D eigenvalue weighted by molar-refractivity contribution is 5.79. The fraction of sp³-hybridized carbons (Fsp3) is 0.421. The third-order valence-corrected chi connectivity index (χ3v) is 4.36. The van der Waals surface area contributed by atoms with Crippen molar-refractivity contribution in [3.05, 3.63) is 51.9 Å². The van der Waals surface area contributed by atoms with Crippen LogP contribution in [0, 0.1) is 0 Å². The Morgan fingerprint density at radius 3 is 2.91 bits per heavy atom. The van der Waals surface area contributed by atoms with Gasteiger partial charge in [0.15, 0.2) is 0 Å². The van der Waals surface area contributed by atoms with Crippen molar-refractivity contribution >= 4 is 11.0 Å². The molecule has 3 rings (SSSR count). The van der Waals surface area contributed by atoms with Crippen LogP contribution in [0.5, 0.6) is 5.75 Å².